The monoisotopic (exact) mass is 267 g/mol. The number of hydrogen-bond acceptors (Lipinski definition) is 6. The van der Waals surface area contributed by atoms with E-state index in [0.29, 0.717) is 0 Å². The average Bonchev–Trinajstić information content (AvgIpc) is 2.47. The molecule has 0 atom stereocenters. The van der Waals surface area contributed by atoms with E-state index < -0.39 is 10.5 Å². The molecule has 1 N–H and O–H groups in total. The van der Waals surface area contributed by atoms with Gasteiger partial charge in [-0.3, -0.25) is 0 Å². The zero-order valence-electron chi connectivity index (χ0n) is 10.8. The van der Waals surface area contributed by atoms with Gasteiger partial charge >= 0.3 is 5.82 Å². The Morgan fingerprint density at radius 3 is 2.63 bits per heavy atom. The van der Waals surface area contributed by atoms with Crippen molar-refractivity contribution >= 4 is 11.5 Å². The summed E-state index contributed by atoms with van der Waals surface area (Å²) in [7, 11) is 1.61. The number of aromatic nitrogens is 1. The average molecular weight is 267 g/mol. The Kier molecular flexibility index (Phi) is 3.96. The van der Waals surface area contributed by atoms with Crippen LogP contribution in [0, 0.1) is 10.1 Å². The number of anilines is 1. The summed E-state index contributed by atoms with van der Waals surface area (Å²) in [5, 5.41) is 19.9. The number of nitro groups is 1. The van der Waals surface area contributed by atoms with Gasteiger partial charge in [0.05, 0.1) is 17.9 Å². The van der Waals surface area contributed by atoms with Gasteiger partial charge in [0.1, 0.15) is 0 Å². The van der Waals surface area contributed by atoms with Gasteiger partial charge in [0.25, 0.3) is 0 Å². The van der Waals surface area contributed by atoms with Crippen molar-refractivity contribution in [1.29, 1.82) is 0 Å². The molecule has 2 heterocycles. The molecule has 0 spiro atoms. The predicted octanol–water partition coefficient (Wildman–Crippen LogP) is 0.968. The van der Waals surface area contributed by atoms with Gasteiger partial charge in [0.15, 0.2) is 6.20 Å². The molecule has 1 aromatic heterocycles. The molecule has 104 valence electrons. The molecular formula is C12H17N3O4. The summed E-state index contributed by atoms with van der Waals surface area (Å²) >= 11 is 0. The van der Waals surface area contributed by atoms with Crippen LogP contribution in [0.2, 0.25) is 0 Å². The molecule has 0 amide bonds. The Balaban J connectivity index is 2.03. The third-order valence-electron chi connectivity index (χ3n) is 3.68. The summed E-state index contributed by atoms with van der Waals surface area (Å²) in [5.74, 6) is -0.151. The lowest BCUT2D eigenvalue weighted by Gasteiger charge is -2.40. The van der Waals surface area contributed by atoms with Crippen LogP contribution in [0.5, 0.6) is 0 Å². The van der Waals surface area contributed by atoms with E-state index in [1.807, 2.05) is 0 Å². The number of pyridine rings is 1. The molecule has 1 fully saturated rings. The summed E-state index contributed by atoms with van der Waals surface area (Å²) in [6.45, 7) is 1.47. The van der Waals surface area contributed by atoms with Crippen LogP contribution < -0.4 is 4.90 Å². The molecule has 7 nitrogen and oxygen atoms in total. The minimum Gasteiger partial charge on any atom is -0.393 e. The first kappa shape index (κ1) is 13.7. The molecule has 0 aromatic carbocycles. The number of ether oxygens (including phenoxy) is 1. The SMILES string of the molecule is COC1(CO)CCN(c2ccc([N+](=O)[O-])nc2)CC1. The fraction of sp³-hybridized carbons (Fsp3) is 0.583. The topological polar surface area (TPSA) is 88.7 Å². The van der Waals surface area contributed by atoms with E-state index in [9.17, 15) is 15.2 Å². The van der Waals surface area contributed by atoms with Crippen molar-refractivity contribution in [3.8, 4) is 0 Å². The summed E-state index contributed by atoms with van der Waals surface area (Å²) in [5.41, 5.74) is 0.401. The van der Waals surface area contributed by atoms with Crippen molar-refractivity contribution in [1.82, 2.24) is 4.98 Å². The molecule has 0 radical (unpaired) electrons. The van der Waals surface area contributed by atoms with E-state index >= 15 is 0 Å². The molecule has 7 heteroatoms. The zero-order chi connectivity index (χ0) is 13.9. The molecular weight excluding hydrogens is 250 g/mol. The van der Waals surface area contributed by atoms with Crippen molar-refractivity contribution in [2.75, 3.05) is 31.7 Å². The first-order valence-electron chi connectivity index (χ1n) is 6.12. The van der Waals surface area contributed by atoms with Crippen LogP contribution in [-0.4, -0.2) is 47.4 Å². The molecule has 2 rings (SSSR count). The summed E-state index contributed by atoms with van der Waals surface area (Å²) in [4.78, 5) is 15.9. The molecule has 0 unspecified atom stereocenters. The maximum Gasteiger partial charge on any atom is 0.363 e. The molecule has 0 bridgehead atoms. The van der Waals surface area contributed by atoms with Gasteiger partial charge in [-0.1, -0.05) is 0 Å². The van der Waals surface area contributed by atoms with Crippen molar-refractivity contribution in [3.05, 3.63) is 28.4 Å². The van der Waals surface area contributed by atoms with E-state index in [2.05, 4.69) is 9.88 Å². The highest BCUT2D eigenvalue weighted by Crippen LogP contribution is 2.28. The molecule has 1 saturated heterocycles. The van der Waals surface area contributed by atoms with Crippen LogP contribution in [0.4, 0.5) is 11.5 Å². The fourth-order valence-electron chi connectivity index (χ4n) is 2.27. The van der Waals surface area contributed by atoms with Gasteiger partial charge in [0.2, 0.25) is 0 Å². The van der Waals surface area contributed by atoms with Gasteiger partial charge in [-0.2, -0.15) is 0 Å². The third kappa shape index (κ3) is 2.82. The lowest BCUT2D eigenvalue weighted by Crippen LogP contribution is -2.48. The second kappa shape index (κ2) is 5.50. The van der Waals surface area contributed by atoms with Crippen LogP contribution in [0.1, 0.15) is 12.8 Å². The molecule has 19 heavy (non-hydrogen) atoms. The molecule has 1 aliphatic rings. The Hall–Kier alpha value is -1.73. The van der Waals surface area contributed by atoms with Crippen LogP contribution in [0.3, 0.4) is 0 Å². The number of aliphatic hydroxyl groups excluding tert-OH is 1. The standard InChI is InChI=1S/C12H17N3O4/c1-19-12(9-16)4-6-14(7-5-12)10-2-3-11(13-8-10)15(17)18/h2-3,8,16H,4-7,9H2,1H3. The fourth-order valence-corrected chi connectivity index (χ4v) is 2.27. The first-order valence-corrected chi connectivity index (χ1v) is 6.12. The van der Waals surface area contributed by atoms with Gasteiger partial charge in [-0.15, -0.1) is 0 Å². The normalized spacial score (nSPS) is 18.3. The van der Waals surface area contributed by atoms with Crippen molar-refractivity contribution in [2.45, 2.75) is 18.4 Å². The van der Waals surface area contributed by atoms with Crippen molar-refractivity contribution in [3.63, 3.8) is 0 Å². The van der Waals surface area contributed by atoms with Gasteiger partial charge < -0.3 is 24.9 Å². The summed E-state index contributed by atoms with van der Waals surface area (Å²) < 4.78 is 5.38. The molecule has 1 aliphatic heterocycles. The molecule has 1 aromatic rings. The van der Waals surface area contributed by atoms with Crippen molar-refractivity contribution < 1.29 is 14.8 Å². The Morgan fingerprint density at radius 1 is 1.53 bits per heavy atom. The van der Waals surface area contributed by atoms with E-state index in [0.717, 1.165) is 31.6 Å². The van der Waals surface area contributed by atoms with E-state index in [1.165, 1.54) is 12.3 Å². The highest BCUT2D eigenvalue weighted by atomic mass is 16.6. The zero-order valence-corrected chi connectivity index (χ0v) is 10.8. The van der Waals surface area contributed by atoms with Crippen molar-refractivity contribution in [2.24, 2.45) is 0 Å². The highest BCUT2D eigenvalue weighted by molar-refractivity contribution is 5.47. The van der Waals surface area contributed by atoms with E-state index in [1.54, 1.807) is 13.2 Å². The number of rotatable bonds is 4. The van der Waals surface area contributed by atoms with Crippen LogP contribution in [-0.2, 0) is 4.74 Å². The van der Waals surface area contributed by atoms with Crippen LogP contribution >= 0.6 is 0 Å². The molecule has 0 saturated carbocycles. The van der Waals surface area contributed by atoms with Gasteiger partial charge in [-0.05, 0) is 28.8 Å². The minimum atomic E-state index is -0.512. The number of aliphatic hydroxyl groups is 1. The minimum absolute atomic E-state index is 0.00977. The predicted molar refractivity (Wildman–Crippen MR) is 69.2 cm³/mol. The van der Waals surface area contributed by atoms with Crippen LogP contribution in [0.25, 0.3) is 0 Å². The third-order valence-corrected chi connectivity index (χ3v) is 3.68. The van der Waals surface area contributed by atoms with E-state index in [-0.39, 0.29) is 12.4 Å². The van der Waals surface area contributed by atoms with Gasteiger partial charge in [-0.25, -0.2) is 0 Å². The highest BCUT2D eigenvalue weighted by Gasteiger charge is 2.34. The van der Waals surface area contributed by atoms with Crippen LogP contribution in [0.15, 0.2) is 18.3 Å². The number of nitrogens with zero attached hydrogens (tertiary/aromatic N) is 3. The molecule has 0 aliphatic carbocycles. The second-order valence-corrected chi connectivity index (χ2v) is 4.66. The Morgan fingerprint density at radius 2 is 2.21 bits per heavy atom. The Labute approximate surface area is 111 Å². The Bertz CT molecular complexity index is 435. The maximum absolute atomic E-state index is 10.5. The number of methoxy groups -OCH3 is 1. The van der Waals surface area contributed by atoms with Gasteiger partial charge in [0, 0.05) is 26.3 Å². The lowest BCUT2D eigenvalue weighted by molar-refractivity contribution is -0.389. The van der Waals surface area contributed by atoms with E-state index in [4.69, 9.17) is 4.74 Å². The number of piperidine rings is 1. The summed E-state index contributed by atoms with van der Waals surface area (Å²) in [6.07, 6.45) is 2.95. The lowest BCUT2D eigenvalue weighted by atomic mass is 9.92. The maximum atomic E-state index is 10.5. The first-order chi connectivity index (χ1) is 9.10. The summed E-state index contributed by atoms with van der Waals surface area (Å²) in [6, 6.07) is 3.10. The smallest absolute Gasteiger partial charge is 0.363 e. The largest absolute Gasteiger partial charge is 0.393 e. The number of hydrogen-bond donors (Lipinski definition) is 1. The quantitative estimate of drug-likeness (QED) is 0.646. The second-order valence-electron chi connectivity index (χ2n) is 4.66.